The van der Waals surface area contributed by atoms with Gasteiger partial charge in [-0.1, -0.05) is 12.2 Å². The number of alkyl halides is 3. The highest BCUT2D eigenvalue weighted by Crippen LogP contribution is 2.42. The Hall–Kier alpha value is -0.510. The van der Waals surface area contributed by atoms with Gasteiger partial charge in [-0.2, -0.15) is 13.2 Å². The van der Waals surface area contributed by atoms with Gasteiger partial charge in [-0.15, -0.1) is 0 Å². The van der Waals surface area contributed by atoms with Crippen molar-refractivity contribution in [2.45, 2.75) is 32.9 Å². The fourth-order valence-corrected chi connectivity index (χ4v) is 1.13. The summed E-state index contributed by atoms with van der Waals surface area (Å²) in [7, 11) is 0. The molecule has 0 aliphatic rings. The summed E-state index contributed by atoms with van der Waals surface area (Å²) < 4.78 is 37.4. The first-order chi connectivity index (χ1) is 5.87. The Morgan fingerprint density at radius 2 is 1.85 bits per heavy atom. The van der Waals surface area contributed by atoms with Gasteiger partial charge in [-0.3, -0.25) is 0 Å². The summed E-state index contributed by atoms with van der Waals surface area (Å²) in [4.78, 5) is 0. The van der Waals surface area contributed by atoms with Crippen LogP contribution in [0.5, 0.6) is 0 Å². The summed E-state index contributed by atoms with van der Waals surface area (Å²) in [5, 5.41) is 8.47. The zero-order chi connectivity index (χ0) is 10.5. The van der Waals surface area contributed by atoms with Gasteiger partial charge in [0, 0.05) is 6.61 Å². The standard InChI is InChI=1S/C9H15F3O/c1-3-5-8(2,6-4-7-13)9(10,11)12/h3,5,13H,4,6-7H2,1-2H3/b5-3+. The van der Waals surface area contributed by atoms with E-state index >= 15 is 0 Å². The maximum atomic E-state index is 12.5. The van der Waals surface area contributed by atoms with Crippen molar-refractivity contribution >= 4 is 0 Å². The second-order valence-corrected chi connectivity index (χ2v) is 3.24. The van der Waals surface area contributed by atoms with E-state index in [0.717, 1.165) is 13.0 Å². The van der Waals surface area contributed by atoms with Gasteiger partial charge in [0.1, 0.15) is 0 Å². The molecule has 0 saturated carbocycles. The molecule has 0 aromatic heterocycles. The highest BCUT2D eigenvalue weighted by Gasteiger charge is 2.48. The maximum absolute atomic E-state index is 12.5. The Labute approximate surface area is 76.3 Å². The average Bonchev–Trinajstić information content (AvgIpc) is 1.99. The van der Waals surface area contributed by atoms with Gasteiger partial charge < -0.3 is 5.11 Å². The maximum Gasteiger partial charge on any atom is 0.397 e. The number of hydrogen-bond donors (Lipinski definition) is 1. The monoisotopic (exact) mass is 196 g/mol. The first-order valence-electron chi connectivity index (χ1n) is 4.19. The number of aliphatic hydroxyl groups is 1. The van der Waals surface area contributed by atoms with Gasteiger partial charge in [-0.05, 0) is 26.7 Å². The quantitative estimate of drug-likeness (QED) is 0.685. The molecule has 13 heavy (non-hydrogen) atoms. The van der Waals surface area contributed by atoms with Crippen LogP contribution in [0.15, 0.2) is 12.2 Å². The zero-order valence-corrected chi connectivity index (χ0v) is 7.86. The Morgan fingerprint density at radius 1 is 1.31 bits per heavy atom. The second kappa shape index (κ2) is 4.65. The fraction of sp³-hybridized carbons (Fsp3) is 0.778. The van der Waals surface area contributed by atoms with E-state index < -0.39 is 11.6 Å². The second-order valence-electron chi connectivity index (χ2n) is 3.24. The van der Waals surface area contributed by atoms with E-state index in [-0.39, 0.29) is 19.4 Å². The molecule has 0 bridgehead atoms. The highest BCUT2D eigenvalue weighted by atomic mass is 19.4. The van der Waals surface area contributed by atoms with E-state index in [0.29, 0.717) is 0 Å². The van der Waals surface area contributed by atoms with Crippen LogP contribution in [0.2, 0.25) is 0 Å². The highest BCUT2D eigenvalue weighted by molar-refractivity contribution is 5.00. The molecule has 0 aliphatic carbocycles. The van der Waals surface area contributed by atoms with Gasteiger partial charge in [0.15, 0.2) is 0 Å². The average molecular weight is 196 g/mol. The first kappa shape index (κ1) is 12.5. The van der Waals surface area contributed by atoms with Crippen molar-refractivity contribution in [2.24, 2.45) is 5.41 Å². The lowest BCUT2D eigenvalue weighted by atomic mass is 9.84. The molecule has 0 spiro atoms. The normalized spacial score (nSPS) is 17.7. The van der Waals surface area contributed by atoms with Crippen molar-refractivity contribution in [3.8, 4) is 0 Å². The van der Waals surface area contributed by atoms with Crippen LogP contribution in [0.1, 0.15) is 26.7 Å². The molecule has 0 aromatic carbocycles. The van der Waals surface area contributed by atoms with Crippen molar-refractivity contribution in [1.29, 1.82) is 0 Å². The summed E-state index contributed by atoms with van der Waals surface area (Å²) in [6.07, 6.45) is -1.61. The summed E-state index contributed by atoms with van der Waals surface area (Å²) in [5.74, 6) is 0. The van der Waals surface area contributed by atoms with Crippen LogP contribution < -0.4 is 0 Å². The van der Waals surface area contributed by atoms with Crippen molar-refractivity contribution in [3.05, 3.63) is 12.2 Å². The van der Waals surface area contributed by atoms with Crippen LogP contribution in [0, 0.1) is 5.41 Å². The smallest absolute Gasteiger partial charge is 0.396 e. The van der Waals surface area contributed by atoms with E-state index in [1.54, 1.807) is 6.92 Å². The molecule has 1 N–H and O–H groups in total. The molecule has 0 fully saturated rings. The Balaban J connectivity index is 4.53. The number of rotatable bonds is 4. The Bertz CT molecular complexity index is 174. The van der Waals surface area contributed by atoms with Crippen molar-refractivity contribution in [2.75, 3.05) is 6.61 Å². The van der Waals surface area contributed by atoms with Gasteiger partial charge >= 0.3 is 6.18 Å². The minimum atomic E-state index is -4.24. The van der Waals surface area contributed by atoms with Crippen molar-refractivity contribution in [1.82, 2.24) is 0 Å². The Morgan fingerprint density at radius 3 is 2.15 bits per heavy atom. The van der Waals surface area contributed by atoms with E-state index in [4.69, 9.17) is 5.11 Å². The topological polar surface area (TPSA) is 20.2 Å². The lowest BCUT2D eigenvalue weighted by Crippen LogP contribution is -2.33. The molecule has 1 unspecified atom stereocenters. The molecular formula is C9H15F3O. The van der Waals surface area contributed by atoms with Gasteiger partial charge in [0.2, 0.25) is 0 Å². The summed E-state index contributed by atoms with van der Waals surface area (Å²) >= 11 is 0. The van der Waals surface area contributed by atoms with Crippen LogP contribution in [-0.4, -0.2) is 17.9 Å². The van der Waals surface area contributed by atoms with Gasteiger partial charge in [0.25, 0.3) is 0 Å². The van der Waals surface area contributed by atoms with E-state index in [1.165, 1.54) is 6.08 Å². The van der Waals surface area contributed by atoms with Gasteiger partial charge in [0.05, 0.1) is 5.41 Å². The van der Waals surface area contributed by atoms with E-state index in [9.17, 15) is 13.2 Å². The molecular weight excluding hydrogens is 181 g/mol. The van der Waals surface area contributed by atoms with Crippen LogP contribution in [0.3, 0.4) is 0 Å². The van der Waals surface area contributed by atoms with Crippen molar-refractivity contribution < 1.29 is 18.3 Å². The largest absolute Gasteiger partial charge is 0.397 e. The molecule has 0 saturated heterocycles. The minimum Gasteiger partial charge on any atom is -0.396 e. The summed E-state index contributed by atoms with van der Waals surface area (Å²) in [6, 6.07) is 0. The molecule has 0 radical (unpaired) electrons. The summed E-state index contributed by atoms with van der Waals surface area (Å²) in [5.41, 5.74) is -1.80. The van der Waals surface area contributed by atoms with Crippen molar-refractivity contribution in [3.63, 3.8) is 0 Å². The first-order valence-corrected chi connectivity index (χ1v) is 4.19. The molecule has 0 amide bonds. The molecule has 4 heteroatoms. The summed E-state index contributed by atoms with van der Waals surface area (Å²) in [6.45, 7) is 2.49. The fourth-order valence-electron chi connectivity index (χ4n) is 1.13. The third-order valence-electron chi connectivity index (χ3n) is 2.04. The van der Waals surface area contributed by atoms with E-state index in [2.05, 4.69) is 0 Å². The predicted molar refractivity (Wildman–Crippen MR) is 45.3 cm³/mol. The number of halogens is 3. The number of hydrogen-bond acceptors (Lipinski definition) is 1. The lowest BCUT2D eigenvalue weighted by molar-refractivity contribution is -0.202. The minimum absolute atomic E-state index is 0.0721. The van der Waals surface area contributed by atoms with Crippen LogP contribution in [0.4, 0.5) is 13.2 Å². The molecule has 1 atom stereocenters. The SMILES string of the molecule is C/C=C/C(C)(CCCO)C(F)(F)F. The molecule has 0 rings (SSSR count). The predicted octanol–water partition coefficient (Wildman–Crippen LogP) is 2.90. The molecule has 0 aliphatic heterocycles. The number of allylic oxidation sites excluding steroid dienone is 2. The molecule has 0 heterocycles. The van der Waals surface area contributed by atoms with Gasteiger partial charge in [-0.25, -0.2) is 0 Å². The van der Waals surface area contributed by atoms with Crippen LogP contribution in [0.25, 0.3) is 0 Å². The molecule has 78 valence electrons. The zero-order valence-electron chi connectivity index (χ0n) is 7.86. The van der Waals surface area contributed by atoms with Crippen LogP contribution >= 0.6 is 0 Å². The molecule has 1 nitrogen and oxygen atoms in total. The third-order valence-corrected chi connectivity index (χ3v) is 2.04. The number of aliphatic hydroxyl groups excluding tert-OH is 1. The van der Waals surface area contributed by atoms with E-state index in [1.807, 2.05) is 0 Å². The molecule has 0 aromatic rings. The third kappa shape index (κ3) is 3.38. The Kier molecular flexibility index (Phi) is 4.47. The lowest BCUT2D eigenvalue weighted by Gasteiger charge is -2.28. The van der Waals surface area contributed by atoms with Crippen LogP contribution in [-0.2, 0) is 0 Å².